The van der Waals surface area contributed by atoms with Gasteiger partial charge in [-0.3, -0.25) is 0 Å². The van der Waals surface area contributed by atoms with Crippen molar-refractivity contribution in [1.29, 1.82) is 0 Å². The van der Waals surface area contributed by atoms with Gasteiger partial charge < -0.3 is 10.8 Å². The molecule has 16 heavy (non-hydrogen) atoms. The molecule has 1 saturated heterocycles. The lowest BCUT2D eigenvalue weighted by atomic mass is 10.1. The second kappa shape index (κ2) is 4.04. The van der Waals surface area contributed by atoms with Gasteiger partial charge in [-0.25, -0.2) is 8.42 Å². The zero-order chi connectivity index (χ0) is 11.8. The Morgan fingerprint density at radius 3 is 2.38 bits per heavy atom. The molecule has 0 radical (unpaired) electrons. The first kappa shape index (κ1) is 11.4. The van der Waals surface area contributed by atoms with E-state index >= 15 is 0 Å². The summed E-state index contributed by atoms with van der Waals surface area (Å²) in [4.78, 5) is 0.248. The van der Waals surface area contributed by atoms with Crippen molar-refractivity contribution in [2.45, 2.75) is 4.90 Å². The lowest BCUT2D eigenvalue weighted by Crippen LogP contribution is -2.51. The van der Waals surface area contributed by atoms with Crippen LogP contribution >= 0.6 is 0 Å². The van der Waals surface area contributed by atoms with Crippen molar-refractivity contribution in [3.05, 3.63) is 24.3 Å². The summed E-state index contributed by atoms with van der Waals surface area (Å²) >= 11 is 0. The minimum absolute atomic E-state index is 0.0355. The Morgan fingerprint density at radius 1 is 1.31 bits per heavy atom. The predicted octanol–water partition coefficient (Wildman–Crippen LogP) is -0.118. The summed E-state index contributed by atoms with van der Waals surface area (Å²) in [6, 6.07) is 6.13. The van der Waals surface area contributed by atoms with Crippen LogP contribution in [0.15, 0.2) is 29.2 Å². The second-order valence-corrected chi connectivity index (χ2v) is 5.88. The van der Waals surface area contributed by atoms with E-state index in [1.807, 2.05) is 0 Å². The van der Waals surface area contributed by atoms with Gasteiger partial charge in [0.25, 0.3) is 0 Å². The van der Waals surface area contributed by atoms with Gasteiger partial charge >= 0.3 is 0 Å². The molecular formula is C10H14N2O3S. The fraction of sp³-hybridized carbons (Fsp3) is 0.400. The minimum Gasteiger partial charge on any atom is -0.399 e. The quantitative estimate of drug-likeness (QED) is 0.724. The molecule has 5 nitrogen and oxygen atoms in total. The van der Waals surface area contributed by atoms with Crippen molar-refractivity contribution in [2.24, 2.45) is 5.92 Å². The number of rotatable bonds is 3. The maximum Gasteiger partial charge on any atom is 0.243 e. The predicted molar refractivity (Wildman–Crippen MR) is 60.2 cm³/mol. The van der Waals surface area contributed by atoms with Crippen LogP contribution in [0.3, 0.4) is 0 Å². The molecule has 0 spiro atoms. The molecule has 0 unspecified atom stereocenters. The second-order valence-electron chi connectivity index (χ2n) is 3.94. The third kappa shape index (κ3) is 1.91. The molecule has 1 aliphatic rings. The first-order valence-corrected chi connectivity index (χ1v) is 6.44. The molecule has 6 heteroatoms. The number of anilines is 1. The molecular weight excluding hydrogens is 228 g/mol. The highest BCUT2D eigenvalue weighted by Crippen LogP contribution is 2.25. The van der Waals surface area contributed by atoms with Gasteiger partial charge in [0.2, 0.25) is 10.0 Å². The van der Waals surface area contributed by atoms with Gasteiger partial charge in [0, 0.05) is 31.3 Å². The summed E-state index contributed by atoms with van der Waals surface area (Å²) in [6.07, 6.45) is 0. The Kier molecular flexibility index (Phi) is 2.88. The molecule has 1 aromatic carbocycles. The van der Waals surface area contributed by atoms with E-state index in [9.17, 15) is 8.42 Å². The molecule has 1 fully saturated rings. The Hall–Kier alpha value is -1.11. The number of hydrogen-bond acceptors (Lipinski definition) is 4. The van der Waals surface area contributed by atoms with E-state index in [2.05, 4.69) is 0 Å². The standard InChI is InChI=1S/C10H14N2O3S/c11-9-1-3-10(4-2-9)16(14,15)12-5-8(6-12)7-13/h1-4,8,13H,5-7,11H2. The third-order valence-corrected chi connectivity index (χ3v) is 4.55. The fourth-order valence-electron chi connectivity index (χ4n) is 1.62. The van der Waals surface area contributed by atoms with Gasteiger partial charge in [-0.15, -0.1) is 0 Å². The minimum atomic E-state index is -3.40. The Bertz CT molecular complexity index is 463. The van der Waals surface area contributed by atoms with Crippen LogP contribution in [0.5, 0.6) is 0 Å². The zero-order valence-electron chi connectivity index (χ0n) is 8.70. The average molecular weight is 242 g/mol. The van der Waals surface area contributed by atoms with E-state index in [0.29, 0.717) is 18.8 Å². The molecule has 1 heterocycles. The fourth-order valence-corrected chi connectivity index (χ4v) is 3.22. The summed E-state index contributed by atoms with van der Waals surface area (Å²) in [7, 11) is -3.40. The SMILES string of the molecule is Nc1ccc(S(=O)(=O)N2CC(CO)C2)cc1. The topological polar surface area (TPSA) is 83.6 Å². The highest BCUT2D eigenvalue weighted by Gasteiger charge is 2.35. The van der Waals surface area contributed by atoms with Crippen LogP contribution in [0, 0.1) is 5.92 Å². The van der Waals surface area contributed by atoms with Crippen LogP contribution in [-0.4, -0.2) is 37.5 Å². The summed E-state index contributed by atoms with van der Waals surface area (Å²) < 4.78 is 25.3. The number of nitrogen functional groups attached to an aromatic ring is 1. The summed E-state index contributed by atoms with van der Waals surface area (Å²) in [5.41, 5.74) is 6.03. The molecule has 0 aromatic heterocycles. The van der Waals surface area contributed by atoms with Crippen LogP contribution in [0.4, 0.5) is 5.69 Å². The number of benzene rings is 1. The highest BCUT2D eigenvalue weighted by molar-refractivity contribution is 7.89. The Balaban J connectivity index is 2.17. The van der Waals surface area contributed by atoms with Crippen LogP contribution in [-0.2, 0) is 10.0 Å². The third-order valence-electron chi connectivity index (χ3n) is 2.70. The molecule has 0 amide bonds. The summed E-state index contributed by atoms with van der Waals surface area (Å²) in [6.45, 7) is 0.820. The number of hydrogen-bond donors (Lipinski definition) is 2. The number of sulfonamides is 1. The molecule has 0 atom stereocenters. The summed E-state index contributed by atoms with van der Waals surface area (Å²) in [5, 5.41) is 8.84. The molecule has 1 aromatic rings. The van der Waals surface area contributed by atoms with Crippen molar-refractivity contribution in [2.75, 3.05) is 25.4 Å². The van der Waals surface area contributed by atoms with Gasteiger partial charge in [-0.05, 0) is 24.3 Å². The monoisotopic (exact) mass is 242 g/mol. The normalized spacial score (nSPS) is 18.3. The van der Waals surface area contributed by atoms with Gasteiger partial charge in [-0.1, -0.05) is 0 Å². The number of nitrogens with two attached hydrogens (primary N) is 1. The smallest absolute Gasteiger partial charge is 0.243 e. The average Bonchev–Trinajstić information content (AvgIpc) is 2.16. The molecule has 0 bridgehead atoms. The molecule has 0 saturated carbocycles. The van der Waals surface area contributed by atoms with E-state index in [4.69, 9.17) is 10.8 Å². The first-order valence-electron chi connectivity index (χ1n) is 5.00. The van der Waals surface area contributed by atoms with E-state index in [1.54, 1.807) is 12.1 Å². The van der Waals surface area contributed by atoms with Gasteiger partial charge in [-0.2, -0.15) is 4.31 Å². The molecule has 2 rings (SSSR count). The van der Waals surface area contributed by atoms with Crippen molar-refractivity contribution >= 4 is 15.7 Å². The van der Waals surface area contributed by atoms with Gasteiger partial charge in [0.1, 0.15) is 0 Å². The zero-order valence-corrected chi connectivity index (χ0v) is 9.52. The lowest BCUT2D eigenvalue weighted by Gasteiger charge is -2.36. The number of aliphatic hydroxyl groups excluding tert-OH is 1. The van der Waals surface area contributed by atoms with Gasteiger partial charge in [0.05, 0.1) is 4.90 Å². The Labute approximate surface area is 94.5 Å². The first-order chi connectivity index (χ1) is 7.54. The van der Waals surface area contributed by atoms with E-state index in [-0.39, 0.29) is 17.4 Å². The molecule has 1 aliphatic heterocycles. The lowest BCUT2D eigenvalue weighted by molar-refractivity contribution is 0.117. The largest absolute Gasteiger partial charge is 0.399 e. The van der Waals surface area contributed by atoms with Crippen molar-refractivity contribution in [3.63, 3.8) is 0 Å². The van der Waals surface area contributed by atoms with Crippen LogP contribution in [0.25, 0.3) is 0 Å². The molecule has 0 aliphatic carbocycles. The maximum absolute atomic E-state index is 12.0. The molecule has 3 N–H and O–H groups in total. The van der Waals surface area contributed by atoms with Gasteiger partial charge in [0.15, 0.2) is 0 Å². The van der Waals surface area contributed by atoms with Crippen molar-refractivity contribution in [1.82, 2.24) is 4.31 Å². The highest BCUT2D eigenvalue weighted by atomic mass is 32.2. The van der Waals surface area contributed by atoms with Crippen LogP contribution in [0.1, 0.15) is 0 Å². The number of aliphatic hydroxyl groups is 1. The van der Waals surface area contributed by atoms with Crippen molar-refractivity contribution in [3.8, 4) is 0 Å². The molecule has 88 valence electrons. The van der Waals surface area contributed by atoms with Crippen LogP contribution < -0.4 is 5.73 Å². The van der Waals surface area contributed by atoms with Crippen LogP contribution in [0.2, 0.25) is 0 Å². The Morgan fingerprint density at radius 2 is 1.88 bits per heavy atom. The van der Waals surface area contributed by atoms with E-state index in [0.717, 1.165) is 0 Å². The van der Waals surface area contributed by atoms with E-state index < -0.39 is 10.0 Å². The summed E-state index contributed by atoms with van der Waals surface area (Å²) in [5.74, 6) is 0.0727. The van der Waals surface area contributed by atoms with E-state index in [1.165, 1.54) is 16.4 Å². The van der Waals surface area contributed by atoms with Crippen molar-refractivity contribution < 1.29 is 13.5 Å². The maximum atomic E-state index is 12.0. The number of nitrogens with zero attached hydrogens (tertiary/aromatic N) is 1.